The second kappa shape index (κ2) is 18.3. The Morgan fingerprint density at radius 1 is 0.710 bits per heavy atom. The molecule has 0 bridgehead atoms. The van der Waals surface area contributed by atoms with Gasteiger partial charge in [0.2, 0.25) is 0 Å². The molecule has 0 heterocycles. The summed E-state index contributed by atoms with van der Waals surface area (Å²) in [5, 5.41) is 0. The van der Waals surface area contributed by atoms with E-state index in [0.29, 0.717) is 26.1 Å². The summed E-state index contributed by atoms with van der Waals surface area (Å²) in [6, 6.07) is 0. The molecule has 0 N–H and O–H groups in total. The molecule has 0 amide bonds. The standard InChI is InChI=1S/C27H48O4/c1-4-6-8-10-12-14-16-20-30-26(28)24-19-18-23(3)22-25(24)27(29)31-21-17-15-13-11-9-7-5-2/h18,24-25H,4-17,19-22H2,1-3H3. The van der Waals surface area contributed by atoms with Gasteiger partial charge in [0.25, 0.3) is 0 Å². The maximum absolute atomic E-state index is 12.7. The Morgan fingerprint density at radius 2 is 1.13 bits per heavy atom. The molecule has 31 heavy (non-hydrogen) atoms. The molecule has 1 aliphatic carbocycles. The first-order valence-electron chi connectivity index (χ1n) is 13.1. The highest BCUT2D eigenvalue weighted by Gasteiger charge is 2.37. The first-order chi connectivity index (χ1) is 15.1. The van der Waals surface area contributed by atoms with Crippen molar-refractivity contribution >= 4 is 11.9 Å². The van der Waals surface area contributed by atoms with E-state index in [1.807, 2.05) is 6.92 Å². The van der Waals surface area contributed by atoms with E-state index in [1.54, 1.807) is 0 Å². The van der Waals surface area contributed by atoms with E-state index in [1.165, 1.54) is 64.2 Å². The zero-order valence-corrected chi connectivity index (χ0v) is 20.6. The van der Waals surface area contributed by atoms with Crippen LogP contribution < -0.4 is 0 Å². The highest BCUT2D eigenvalue weighted by atomic mass is 16.5. The van der Waals surface area contributed by atoms with E-state index in [4.69, 9.17) is 9.47 Å². The molecule has 180 valence electrons. The minimum atomic E-state index is -0.394. The SMILES string of the molecule is CCCCCCCCCOC(=O)C1CC=C(C)CC1C(=O)OCCCCCCCCC. The lowest BCUT2D eigenvalue weighted by molar-refractivity contribution is -0.161. The molecule has 2 atom stereocenters. The number of ether oxygens (including phenoxy) is 2. The summed E-state index contributed by atoms with van der Waals surface area (Å²) in [5.41, 5.74) is 1.16. The van der Waals surface area contributed by atoms with Gasteiger partial charge in [-0.25, -0.2) is 0 Å². The van der Waals surface area contributed by atoms with Gasteiger partial charge in [-0.1, -0.05) is 103 Å². The normalized spacial score (nSPS) is 18.5. The predicted octanol–water partition coefficient (Wildman–Crippen LogP) is 7.55. The molecule has 2 unspecified atom stereocenters. The Kier molecular flexibility index (Phi) is 16.3. The second-order valence-electron chi connectivity index (χ2n) is 9.28. The van der Waals surface area contributed by atoms with E-state index >= 15 is 0 Å². The van der Waals surface area contributed by atoms with Crippen LogP contribution in [0.3, 0.4) is 0 Å². The van der Waals surface area contributed by atoms with Crippen LogP contribution >= 0.6 is 0 Å². The number of allylic oxidation sites excluding steroid dienone is 2. The molecule has 0 saturated heterocycles. The Morgan fingerprint density at radius 3 is 1.61 bits per heavy atom. The minimum absolute atomic E-state index is 0.226. The quantitative estimate of drug-likeness (QED) is 0.126. The van der Waals surface area contributed by atoms with Gasteiger partial charge in [-0.2, -0.15) is 0 Å². The number of hydrogen-bond acceptors (Lipinski definition) is 4. The maximum Gasteiger partial charge on any atom is 0.310 e. The largest absolute Gasteiger partial charge is 0.465 e. The molecule has 4 heteroatoms. The second-order valence-corrected chi connectivity index (χ2v) is 9.28. The number of esters is 2. The van der Waals surface area contributed by atoms with Crippen LogP contribution in [0.1, 0.15) is 124 Å². The number of carbonyl (C=O) groups excluding carboxylic acids is 2. The van der Waals surface area contributed by atoms with Gasteiger partial charge >= 0.3 is 11.9 Å². The van der Waals surface area contributed by atoms with E-state index in [2.05, 4.69) is 19.9 Å². The molecule has 0 spiro atoms. The van der Waals surface area contributed by atoms with Crippen LogP contribution in [-0.2, 0) is 19.1 Å². The molecule has 0 aliphatic heterocycles. The monoisotopic (exact) mass is 436 g/mol. The third kappa shape index (κ3) is 13.0. The molecular weight excluding hydrogens is 388 g/mol. The maximum atomic E-state index is 12.7. The number of hydrogen-bond donors (Lipinski definition) is 0. The smallest absolute Gasteiger partial charge is 0.310 e. The fourth-order valence-corrected chi connectivity index (χ4v) is 4.25. The summed E-state index contributed by atoms with van der Waals surface area (Å²) in [7, 11) is 0. The molecule has 4 nitrogen and oxygen atoms in total. The van der Waals surface area contributed by atoms with Gasteiger partial charge in [-0.05, 0) is 32.6 Å². The topological polar surface area (TPSA) is 52.6 Å². The third-order valence-corrected chi connectivity index (χ3v) is 6.34. The van der Waals surface area contributed by atoms with Crippen molar-refractivity contribution in [3.63, 3.8) is 0 Å². The third-order valence-electron chi connectivity index (χ3n) is 6.34. The highest BCUT2D eigenvalue weighted by Crippen LogP contribution is 2.32. The zero-order chi connectivity index (χ0) is 22.7. The van der Waals surface area contributed by atoms with Crippen LogP contribution in [0.25, 0.3) is 0 Å². The van der Waals surface area contributed by atoms with Crippen molar-refractivity contribution in [3.05, 3.63) is 11.6 Å². The van der Waals surface area contributed by atoms with Crippen LogP contribution in [0.5, 0.6) is 0 Å². The fourth-order valence-electron chi connectivity index (χ4n) is 4.25. The Bertz CT molecular complexity index is 511. The van der Waals surface area contributed by atoms with Crippen molar-refractivity contribution in [2.45, 2.75) is 124 Å². The Balaban J connectivity index is 2.28. The van der Waals surface area contributed by atoms with E-state index in [0.717, 1.165) is 31.3 Å². The molecular formula is C27H48O4. The van der Waals surface area contributed by atoms with Crippen LogP contribution in [0.4, 0.5) is 0 Å². The van der Waals surface area contributed by atoms with Crippen molar-refractivity contribution in [1.29, 1.82) is 0 Å². The van der Waals surface area contributed by atoms with Gasteiger partial charge in [0, 0.05) is 0 Å². The lowest BCUT2D eigenvalue weighted by atomic mass is 9.80. The van der Waals surface area contributed by atoms with Crippen LogP contribution in [0, 0.1) is 11.8 Å². The Hall–Kier alpha value is -1.32. The molecule has 0 aromatic heterocycles. The summed E-state index contributed by atoms with van der Waals surface area (Å²) in [5.74, 6) is -1.24. The molecule has 0 aromatic carbocycles. The van der Waals surface area contributed by atoms with Gasteiger partial charge in [-0.15, -0.1) is 0 Å². The summed E-state index contributed by atoms with van der Waals surface area (Å²) in [6.07, 6.45) is 19.9. The average molecular weight is 437 g/mol. The molecule has 0 radical (unpaired) electrons. The number of carbonyl (C=O) groups is 2. The van der Waals surface area contributed by atoms with E-state index in [9.17, 15) is 9.59 Å². The predicted molar refractivity (Wildman–Crippen MR) is 128 cm³/mol. The molecule has 1 rings (SSSR count). The van der Waals surface area contributed by atoms with Gasteiger partial charge in [0.15, 0.2) is 0 Å². The van der Waals surface area contributed by atoms with Gasteiger partial charge in [-0.3, -0.25) is 9.59 Å². The number of unbranched alkanes of at least 4 members (excludes halogenated alkanes) is 12. The van der Waals surface area contributed by atoms with Crippen LogP contribution in [0.15, 0.2) is 11.6 Å². The first-order valence-corrected chi connectivity index (χ1v) is 13.1. The van der Waals surface area contributed by atoms with Gasteiger partial charge in [0.1, 0.15) is 0 Å². The molecule has 0 aromatic rings. The minimum Gasteiger partial charge on any atom is -0.465 e. The van der Waals surface area contributed by atoms with Gasteiger partial charge in [0.05, 0.1) is 25.0 Å². The van der Waals surface area contributed by atoms with Crippen LogP contribution in [-0.4, -0.2) is 25.2 Å². The summed E-state index contributed by atoms with van der Waals surface area (Å²) in [4.78, 5) is 25.3. The van der Waals surface area contributed by atoms with Crippen molar-refractivity contribution in [1.82, 2.24) is 0 Å². The lowest BCUT2D eigenvalue weighted by Crippen LogP contribution is -2.34. The first kappa shape index (κ1) is 27.7. The van der Waals surface area contributed by atoms with Crippen molar-refractivity contribution < 1.29 is 19.1 Å². The summed E-state index contributed by atoms with van der Waals surface area (Å²) in [6.45, 7) is 7.40. The lowest BCUT2D eigenvalue weighted by Gasteiger charge is -2.27. The fraction of sp³-hybridized carbons (Fsp3) is 0.852. The van der Waals surface area contributed by atoms with Crippen molar-refractivity contribution in [2.75, 3.05) is 13.2 Å². The summed E-state index contributed by atoms with van der Waals surface area (Å²) >= 11 is 0. The molecule has 0 saturated carbocycles. The summed E-state index contributed by atoms with van der Waals surface area (Å²) < 4.78 is 11.1. The van der Waals surface area contributed by atoms with Crippen molar-refractivity contribution in [2.24, 2.45) is 11.8 Å². The Labute approximate surface area is 191 Å². The average Bonchev–Trinajstić information content (AvgIpc) is 2.77. The van der Waals surface area contributed by atoms with E-state index < -0.39 is 11.8 Å². The van der Waals surface area contributed by atoms with E-state index in [-0.39, 0.29) is 11.9 Å². The molecule has 1 aliphatic rings. The zero-order valence-electron chi connectivity index (χ0n) is 20.6. The number of rotatable bonds is 18. The van der Waals surface area contributed by atoms with Gasteiger partial charge < -0.3 is 9.47 Å². The van der Waals surface area contributed by atoms with Crippen molar-refractivity contribution in [3.8, 4) is 0 Å². The molecule has 0 fully saturated rings. The van der Waals surface area contributed by atoms with Crippen LogP contribution in [0.2, 0.25) is 0 Å². The highest BCUT2D eigenvalue weighted by molar-refractivity contribution is 5.83.